The Balaban J connectivity index is 1.68. The van der Waals surface area contributed by atoms with Crippen molar-refractivity contribution < 1.29 is 24.3 Å². The lowest BCUT2D eigenvalue weighted by molar-refractivity contribution is -0.144. The predicted molar refractivity (Wildman–Crippen MR) is 130 cm³/mol. The Morgan fingerprint density at radius 3 is 2.69 bits per heavy atom. The molecule has 35 heavy (non-hydrogen) atoms. The molecule has 0 bridgehead atoms. The molecule has 10 heteroatoms. The Bertz CT molecular complexity index is 1190. The van der Waals surface area contributed by atoms with Crippen LogP contribution in [0.2, 0.25) is 0 Å². The van der Waals surface area contributed by atoms with Gasteiger partial charge in [0.25, 0.3) is 0 Å². The van der Waals surface area contributed by atoms with E-state index < -0.39 is 12.1 Å². The minimum atomic E-state index is -0.767. The van der Waals surface area contributed by atoms with Crippen molar-refractivity contribution in [2.45, 2.75) is 45.8 Å². The molecule has 0 radical (unpaired) electrons. The molecule has 10 nitrogen and oxygen atoms in total. The van der Waals surface area contributed by atoms with Gasteiger partial charge in [-0.2, -0.15) is 0 Å². The first-order chi connectivity index (χ1) is 16.8. The summed E-state index contributed by atoms with van der Waals surface area (Å²) in [6, 6.07) is 7.43. The van der Waals surface area contributed by atoms with Crippen molar-refractivity contribution in [1.29, 1.82) is 0 Å². The molecule has 1 unspecified atom stereocenters. The number of carboxylic acids is 1. The van der Waals surface area contributed by atoms with Gasteiger partial charge in [-0.15, -0.1) is 0 Å². The van der Waals surface area contributed by atoms with Gasteiger partial charge in [0.15, 0.2) is 5.82 Å². The van der Waals surface area contributed by atoms with Crippen LogP contribution in [0.15, 0.2) is 28.8 Å². The Morgan fingerprint density at radius 2 is 2.03 bits per heavy atom. The number of aryl methyl sites for hydroxylation is 2. The number of ether oxygens (including phenoxy) is 1. The average Bonchev–Trinajstić information content (AvgIpc) is 3.13. The van der Waals surface area contributed by atoms with Crippen molar-refractivity contribution in [3.63, 3.8) is 0 Å². The van der Waals surface area contributed by atoms with Crippen molar-refractivity contribution in [3.8, 4) is 28.4 Å². The van der Waals surface area contributed by atoms with Gasteiger partial charge in [0.1, 0.15) is 30.0 Å². The van der Waals surface area contributed by atoms with Gasteiger partial charge in [0, 0.05) is 23.7 Å². The molecule has 1 aromatic carbocycles. The third kappa shape index (κ3) is 5.44. The zero-order valence-corrected chi connectivity index (χ0v) is 20.3. The normalized spacial score (nSPS) is 18.1. The summed E-state index contributed by atoms with van der Waals surface area (Å²) in [5, 5.41) is 29.6. The van der Waals surface area contributed by atoms with Gasteiger partial charge >= 0.3 is 5.97 Å². The summed E-state index contributed by atoms with van der Waals surface area (Å²) >= 11 is 0. The summed E-state index contributed by atoms with van der Waals surface area (Å²) in [4.78, 5) is 20.9. The van der Waals surface area contributed by atoms with Crippen molar-refractivity contribution in [3.05, 3.63) is 41.3 Å². The number of aliphatic hydroxyl groups excluding tert-OH is 1. The first kappa shape index (κ1) is 24.6. The molecule has 1 atom stereocenters. The molecule has 4 rings (SSSR count). The molecule has 2 heterocycles. The molecule has 1 fully saturated rings. The van der Waals surface area contributed by atoms with Gasteiger partial charge in [-0.25, -0.2) is 9.97 Å². The van der Waals surface area contributed by atoms with Gasteiger partial charge in [-0.05, 0) is 52.8 Å². The minimum Gasteiger partial charge on any atom is -0.491 e. The number of carbonyl (C=O) groups is 1. The number of aromatic nitrogens is 3. The maximum atomic E-state index is 11.2. The fourth-order valence-corrected chi connectivity index (χ4v) is 4.19. The first-order valence-electron chi connectivity index (χ1n) is 11.6. The minimum absolute atomic E-state index is 0.0263. The number of hydrogen-bond donors (Lipinski definition) is 4. The molecule has 186 valence electrons. The number of rotatable bonds is 10. The van der Waals surface area contributed by atoms with Crippen LogP contribution in [-0.4, -0.2) is 63.7 Å². The molecule has 0 saturated heterocycles. The molecule has 0 spiro atoms. The highest BCUT2D eigenvalue weighted by Crippen LogP contribution is 2.36. The second kappa shape index (κ2) is 10.4. The lowest BCUT2D eigenvalue weighted by atomic mass is 9.80. The summed E-state index contributed by atoms with van der Waals surface area (Å²) in [6.07, 6.45) is 0.471. The van der Waals surface area contributed by atoms with Crippen LogP contribution in [0.3, 0.4) is 0 Å². The SMILES string of the molecule is CNCC(O)COc1cccc(-c2nc(N[C@H]3C[C@H](C(=O)O)C3)c(C)c(-c3c(C)noc3C)n2)c1. The quantitative estimate of drug-likeness (QED) is 0.341. The van der Waals surface area contributed by atoms with E-state index in [1.54, 1.807) is 7.05 Å². The molecule has 3 aromatic rings. The summed E-state index contributed by atoms with van der Waals surface area (Å²) in [7, 11) is 1.77. The second-order valence-corrected chi connectivity index (χ2v) is 8.97. The van der Waals surface area contributed by atoms with Crippen LogP contribution < -0.4 is 15.4 Å². The molecule has 4 N–H and O–H groups in total. The van der Waals surface area contributed by atoms with E-state index in [2.05, 4.69) is 15.8 Å². The predicted octanol–water partition coefficient (Wildman–Crippen LogP) is 2.96. The van der Waals surface area contributed by atoms with Gasteiger partial charge in [-0.3, -0.25) is 4.79 Å². The van der Waals surface area contributed by atoms with Gasteiger partial charge in [0.2, 0.25) is 0 Å². The summed E-state index contributed by atoms with van der Waals surface area (Å²) in [6.45, 7) is 6.24. The largest absolute Gasteiger partial charge is 0.491 e. The van der Waals surface area contributed by atoms with E-state index in [0.29, 0.717) is 48.2 Å². The van der Waals surface area contributed by atoms with Crippen LogP contribution in [0.1, 0.15) is 29.9 Å². The Hall–Kier alpha value is -3.50. The van der Waals surface area contributed by atoms with Gasteiger partial charge in [0.05, 0.1) is 22.9 Å². The van der Waals surface area contributed by atoms with Crippen molar-refractivity contribution in [1.82, 2.24) is 20.4 Å². The molecule has 1 saturated carbocycles. The monoisotopic (exact) mass is 481 g/mol. The summed E-state index contributed by atoms with van der Waals surface area (Å²) in [5.74, 6) is 1.29. The van der Waals surface area contributed by atoms with Crippen molar-refractivity contribution in [2.75, 3.05) is 25.5 Å². The molecular formula is C25H31N5O5. The highest BCUT2D eigenvalue weighted by molar-refractivity contribution is 5.75. The lowest BCUT2D eigenvalue weighted by Gasteiger charge is -2.33. The van der Waals surface area contributed by atoms with Crippen LogP contribution in [0.4, 0.5) is 5.82 Å². The molecule has 0 amide bonds. The van der Waals surface area contributed by atoms with Crippen molar-refractivity contribution >= 4 is 11.8 Å². The van der Waals surface area contributed by atoms with Crippen LogP contribution in [0.5, 0.6) is 5.75 Å². The van der Waals surface area contributed by atoms with E-state index in [4.69, 9.17) is 19.2 Å². The lowest BCUT2D eigenvalue weighted by Crippen LogP contribution is -2.39. The highest BCUT2D eigenvalue weighted by atomic mass is 16.5. The smallest absolute Gasteiger partial charge is 0.306 e. The topological polar surface area (TPSA) is 143 Å². The van der Waals surface area contributed by atoms with E-state index in [-0.39, 0.29) is 18.6 Å². The average molecular weight is 482 g/mol. The van der Waals surface area contributed by atoms with Crippen LogP contribution in [0.25, 0.3) is 22.6 Å². The number of hydrogen-bond acceptors (Lipinski definition) is 9. The van der Waals surface area contributed by atoms with Gasteiger partial charge in [-0.1, -0.05) is 17.3 Å². The zero-order valence-electron chi connectivity index (χ0n) is 20.3. The Kier molecular flexibility index (Phi) is 7.32. The Labute approximate surface area is 203 Å². The molecule has 0 aliphatic heterocycles. The second-order valence-electron chi connectivity index (χ2n) is 8.97. The number of benzene rings is 1. The van der Waals surface area contributed by atoms with Crippen molar-refractivity contribution in [2.24, 2.45) is 5.92 Å². The summed E-state index contributed by atoms with van der Waals surface area (Å²) in [5.41, 5.74) is 3.84. The molecule has 1 aliphatic rings. The number of nitrogens with zero attached hydrogens (tertiary/aromatic N) is 3. The first-order valence-corrected chi connectivity index (χ1v) is 11.6. The zero-order chi connectivity index (χ0) is 25.1. The third-order valence-electron chi connectivity index (χ3n) is 6.22. The Morgan fingerprint density at radius 1 is 1.26 bits per heavy atom. The highest BCUT2D eigenvalue weighted by Gasteiger charge is 2.35. The number of nitrogens with one attached hydrogen (secondary N) is 2. The van der Waals surface area contributed by atoms with E-state index in [1.165, 1.54) is 0 Å². The number of carboxylic acid groups (broad SMARTS) is 1. The van der Waals surface area contributed by atoms with E-state index in [9.17, 15) is 15.0 Å². The molecular weight excluding hydrogens is 450 g/mol. The van der Waals surface area contributed by atoms with E-state index in [0.717, 1.165) is 22.4 Å². The third-order valence-corrected chi connectivity index (χ3v) is 6.22. The van der Waals surface area contributed by atoms with Crippen LogP contribution in [0, 0.1) is 26.7 Å². The van der Waals surface area contributed by atoms with E-state index >= 15 is 0 Å². The standard InChI is InChI=1S/C25H31N5O5/c1-13-22(21-14(2)30-35-15(21)3)28-24(29-23(13)27-18-8-17(9-18)25(32)33)16-6-5-7-20(10-16)34-12-19(31)11-26-4/h5-7,10,17-19,26,31H,8-9,11-12H2,1-4H3,(H,32,33)(H,27,28,29)/t17-,18-,19?. The van der Waals surface area contributed by atoms with Gasteiger partial charge < -0.3 is 30.1 Å². The molecule has 1 aliphatic carbocycles. The maximum Gasteiger partial charge on any atom is 0.306 e. The number of anilines is 1. The van der Waals surface area contributed by atoms with Crippen LogP contribution >= 0.6 is 0 Å². The molecule has 2 aromatic heterocycles. The number of aliphatic hydroxyl groups is 1. The summed E-state index contributed by atoms with van der Waals surface area (Å²) < 4.78 is 11.2. The maximum absolute atomic E-state index is 11.2. The van der Waals surface area contributed by atoms with Crippen LogP contribution in [-0.2, 0) is 4.79 Å². The fourth-order valence-electron chi connectivity index (χ4n) is 4.19. The van der Waals surface area contributed by atoms with E-state index in [1.807, 2.05) is 45.0 Å². The fraction of sp³-hybridized carbons (Fsp3) is 0.440. The number of aliphatic carboxylic acids is 1. The number of likely N-dealkylation sites (N-methyl/N-ethyl adjacent to an activating group) is 1.